The molecule has 1 aromatic rings. The smallest absolute Gasteiger partial charge is 0.0371 e. The van der Waals surface area contributed by atoms with Crippen LogP contribution in [0.25, 0.3) is 0 Å². The molecule has 2 nitrogen and oxygen atoms in total. The average molecular weight is 232 g/mol. The van der Waals surface area contributed by atoms with Crippen LogP contribution in [-0.2, 0) is 0 Å². The van der Waals surface area contributed by atoms with Crippen LogP contribution in [0, 0.1) is 0 Å². The van der Waals surface area contributed by atoms with Crippen molar-refractivity contribution in [1.29, 1.82) is 0 Å². The summed E-state index contributed by atoms with van der Waals surface area (Å²) in [4.78, 5) is 2.57. The van der Waals surface area contributed by atoms with E-state index >= 15 is 0 Å². The number of hydrogen-bond acceptors (Lipinski definition) is 2. The van der Waals surface area contributed by atoms with Gasteiger partial charge in [0.15, 0.2) is 0 Å². The summed E-state index contributed by atoms with van der Waals surface area (Å²) in [5.41, 5.74) is 8.45. The highest BCUT2D eigenvalue weighted by Crippen LogP contribution is 2.32. The van der Waals surface area contributed by atoms with Crippen molar-refractivity contribution in [2.45, 2.75) is 58.2 Å². The lowest BCUT2D eigenvalue weighted by Gasteiger charge is -2.30. The molecule has 2 N–H and O–H groups in total. The van der Waals surface area contributed by atoms with Crippen LogP contribution in [-0.4, -0.2) is 12.1 Å². The van der Waals surface area contributed by atoms with Crippen molar-refractivity contribution >= 4 is 5.69 Å². The summed E-state index contributed by atoms with van der Waals surface area (Å²) < 4.78 is 0. The summed E-state index contributed by atoms with van der Waals surface area (Å²) in [5, 5.41) is 0. The van der Waals surface area contributed by atoms with E-state index in [4.69, 9.17) is 5.73 Å². The monoisotopic (exact) mass is 232 g/mol. The molecule has 17 heavy (non-hydrogen) atoms. The van der Waals surface area contributed by atoms with Crippen LogP contribution in [0.15, 0.2) is 24.3 Å². The molecule has 2 rings (SSSR count). The highest BCUT2D eigenvalue weighted by atomic mass is 15.2. The lowest BCUT2D eigenvalue weighted by atomic mass is 10.1. The summed E-state index contributed by atoms with van der Waals surface area (Å²) in [6.45, 7) is 6.64. The van der Waals surface area contributed by atoms with Crippen molar-refractivity contribution in [3.05, 3.63) is 29.8 Å². The standard InChI is InChI=1S/C15H24N2/c1-4-14-8-5-11(2)17(14)15-9-6-13(7-10-15)12(3)16/h6-7,9-12,14H,4-5,8,16H2,1-3H3/t11?,12-,14?/m0/s1. The van der Waals surface area contributed by atoms with Crippen LogP contribution in [0.3, 0.4) is 0 Å². The van der Waals surface area contributed by atoms with Crippen molar-refractivity contribution in [3.8, 4) is 0 Å². The van der Waals surface area contributed by atoms with Gasteiger partial charge in [-0.1, -0.05) is 19.1 Å². The van der Waals surface area contributed by atoms with Crippen molar-refractivity contribution in [2.75, 3.05) is 4.90 Å². The first-order valence-corrected chi connectivity index (χ1v) is 6.77. The lowest BCUT2D eigenvalue weighted by molar-refractivity contribution is 0.628. The van der Waals surface area contributed by atoms with Crippen LogP contribution >= 0.6 is 0 Å². The molecule has 0 spiro atoms. The van der Waals surface area contributed by atoms with Gasteiger partial charge in [-0.05, 0) is 50.8 Å². The maximum absolute atomic E-state index is 5.88. The molecule has 0 saturated carbocycles. The van der Waals surface area contributed by atoms with Crippen molar-refractivity contribution < 1.29 is 0 Å². The molecule has 1 heterocycles. The fourth-order valence-electron chi connectivity index (χ4n) is 2.89. The summed E-state index contributed by atoms with van der Waals surface area (Å²) in [6, 6.07) is 10.3. The van der Waals surface area contributed by atoms with E-state index in [2.05, 4.69) is 43.0 Å². The second-order valence-corrected chi connectivity index (χ2v) is 5.28. The molecule has 0 aliphatic carbocycles. The van der Waals surface area contributed by atoms with Crippen LogP contribution in [0.1, 0.15) is 51.6 Å². The molecule has 0 aromatic heterocycles. The van der Waals surface area contributed by atoms with E-state index in [1.54, 1.807) is 0 Å². The van der Waals surface area contributed by atoms with Crippen LogP contribution in [0.2, 0.25) is 0 Å². The highest BCUT2D eigenvalue weighted by Gasteiger charge is 2.29. The second kappa shape index (κ2) is 5.09. The van der Waals surface area contributed by atoms with Crippen molar-refractivity contribution in [3.63, 3.8) is 0 Å². The first-order chi connectivity index (χ1) is 8.13. The largest absolute Gasteiger partial charge is 0.366 e. The highest BCUT2D eigenvalue weighted by molar-refractivity contribution is 5.50. The third-order valence-electron chi connectivity index (χ3n) is 3.97. The fourth-order valence-corrected chi connectivity index (χ4v) is 2.89. The Morgan fingerprint density at radius 1 is 1.29 bits per heavy atom. The summed E-state index contributed by atoms with van der Waals surface area (Å²) >= 11 is 0. The van der Waals surface area contributed by atoms with E-state index in [-0.39, 0.29) is 6.04 Å². The molecule has 0 bridgehead atoms. The minimum Gasteiger partial charge on any atom is -0.366 e. The molecule has 0 amide bonds. The molecular weight excluding hydrogens is 208 g/mol. The van der Waals surface area contributed by atoms with Gasteiger partial charge in [0, 0.05) is 23.8 Å². The van der Waals surface area contributed by atoms with E-state index < -0.39 is 0 Å². The molecule has 1 aromatic carbocycles. The van der Waals surface area contributed by atoms with E-state index in [1.165, 1.54) is 30.5 Å². The normalized spacial score (nSPS) is 26.2. The number of benzene rings is 1. The van der Waals surface area contributed by atoms with E-state index in [0.29, 0.717) is 12.1 Å². The van der Waals surface area contributed by atoms with E-state index in [9.17, 15) is 0 Å². The van der Waals surface area contributed by atoms with Gasteiger partial charge in [0.25, 0.3) is 0 Å². The van der Waals surface area contributed by atoms with Crippen molar-refractivity contribution in [1.82, 2.24) is 0 Å². The zero-order chi connectivity index (χ0) is 12.4. The second-order valence-electron chi connectivity index (χ2n) is 5.28. The average Bonchev–Trinajstić information content (AvgIpc) is 2.70. The van der Waals surface area contributed by atoms with Gasteiger partial charge in [0.2, 0.25) is 0 Å². The molecule has 1 saturated heterocycles. The van der Waals surface area contributed by atoms with Crippen LogP contribution < -0.4 is 10.6 Å². The predicted molar refractivity (Wildman–Crippen MR) is 74.3 cm³/mol. The fraction of sp³-hybridized carbons (Fsp3) is 0.600. The molecule has 2 heteroatoms. The maximum Gasteiger partial charge on any atom is 0.0371 e. The Labute approximate surface area is 105 Å². The number of hydrogen-bond donors (Lipinski definition) is 1. The minimum atomic E-state index is 0.127. The lowest BCUT2D eigenvalue weighted by Crippen LogP contribution is -2.34. The van der Waals surface area contributed by atoms with Crippen LogP contribution in [0.4, 0.5) is 5.69 Å². The zero-order valence-corrected chi connectivity index (χ0v) is 11.2. The SMILES string of the molecule is CCC1CCC(C)N1c1ccc([C@H](C)N)cc1. The van der Waals surface area contributed by atoms with Crippen molar-refractivity contribution in [2.24, 2.45) is 5.73 Å². The Hall–Kier alpha value is -1.02. The van der Waals surface area contributed by atoms with Gasteiger partial charge in [0.1, 0.15) is 0 Å². The Bertz CT molecular complexity index is 356. The van der Waals surface area contributed by atoms with Gasteiger partial charge in [-0.15, -0.1) is 0 Å². The van der Waals surface area contributed by atoms with E-state index in [1.807, 2.05) is 6.92 Å². The van der Waals surface area contributed by atoms with Gasteiger partial charge in [-0.2, -0.15) is 0 Å². The molecular formula is C15H24N2. The summed E-state index contributed by atoms with van der Waals surface area (Å²) in [7, 11) is 0. The molecule has 2 unspecified atom stereocenters. The minimum absolute atomic E-state index is 0.127. The molecule has 1 aliphatic rings. The Balaban J connectivity index is 2.21. The van der Waals surface area contributed by atoms with Gasteiger partial charge in [-0.3, -0.25) is 0 Å². The topological polar surface area (TPSA) is 29.3 Å². The van der Waals surface area contributed by atoms with Crippen LogP contribution in [0.5, 0.6) is 0 Å². The third kappa shape index (κ3) is 2.47. The number of nitrogens with zero attached hydrogens (tertiary/aromatic N) is 1. The number of anilines is 1. The Morgan fingerprint density at radius 3 is 2.47 bits per heavy atom. The first-order valence-electron chi connectivity index (χ1n) is 6.77. The molecule has 0 radical (unpaired) electrons. The first kappa shape index (κ1) is 12.4. The Morgan fingerprint density at radius 2 is 1.94 bits per heavy atom. The zero-order valence-electron chi connectivity index (χ0n) is 11.2. The predicted octanol–water partition coefficient (Wildman–Crippen LogP) is 3.47. The van der Waals surface area contributed by atoms with Gasteiger partial charge in [0.05, 0.1) is 0 Å². The van der Waals surface area contributed by atoms with Gasteiger partial charge in [-0.25, -0.2) is 0 Å². The van der Waals surface area contributed by atoms with Gasteiger partial charge < -0.3 is 10.6 Å². The molecule has 3 atom stereocenters. The number of nitrogens with two attached hydrogens (primary N) is 1. The molecule has 1 aliphatic heterocycles. The van der Waals surface area contributed by atoms with E-state index in [0.717, 1.165) is 0 Å². The number of rotatable bonds is 3. The molecule has 1 fully saturated rings. The summed E-state index contributed by atoms with van der Waals surface area (Å²) in [5.74, 6) is 0. The Kier molecular flexibility index (Phi) is 3.72. The maximum atomic E-state index is 5.88. The quantitative estimate of drug-likeness (QED) is 0.864. The molecule has 94 valence electrons. The third-order valence-corrected chi connectivity index (χ3v) is 3.97. The van der Waals surface area contributed by atoms with Gasteiger partial charge >= 0.3 is 0 Å². The summed E-state index contributed by atoms with van der Waals surface area (Å²) in [6.07, 6.45) is 3.87.